The first-order valence-corrected chi connectivity index (χ1v) is 4.70. The Morgan fingerprint density at radius 2 is 2.23 bits per heavy atom. The van der Waals surface area contributed by atoms with Gasteiger partial charge in [0.1, 0.15) is 0 Å². The normalized spacial score (nSPS) is 15.9. The third-order valence-electron chi connectivity index (χ3n) is 2.07. The Morgan fingerprint density at radius 3 is 2.92 bits per heavy atom. The van der Waals surface area contributed by atoms with Crippen LogP contribution in [0.2, 0.25) is 0 Å². The maximum absolute atomic E-state index is 4.46. The molecule has 1 aliphatic rings. The van der Waals surface area contributed by atoms with Crippen molar-refractivity contribution < 1.29 is 0 Å². The minimum Gasteiger partial charge on any atom is -0.347 e. The lowest BCUT2D eigenvalue weighted by Gasteiger charge is -2.10. The van der Waals surface area contributed by atoms with Gasteiger partial charge in [-0.2, -0.15) is 0 Å². The van der Waals surface area contributed by atoms with Gasteiger partial charge < -0.3 is 4.90 Å². The van der Waals surface area contributed by atoms with Crippen LogP contribution >= 0.6 is 9.39 Å². The van der Waals surface area contributed by atoms with Crippen molar-refractivity contribution in [1.29, 1.82) is 0 Å². The second-order valence-corrected chi connectivity index (χ2v) is 4.17. The molecule has 1 unspecified atom stereocenters. The second-order valence-electron chi connectivity index (χ2n) is 3.44. The van der Waals surface area contributed by atoms with Gasteiger partial charge in [-0.15, -0.1) is 0 Å². The largest absolute Gasteiger partial charge is 0.347 e. The van der Waals surface area contributed by atoms with E-state index in [1.165, 1.54) is 5.56 Å². The Balaban J connectivity index is 2.35. The van der Waals surface area contributed by atoms with Crippen LogP contribution in [-0.2, 0) is 13.1 Å². The van der Waals surface area contributed by atoms with Crippen LogP contribution in [0.5, 0.6) is 0 Å². The summed E-state index contributed by atoms with van der Waals surface area (Å²) in [5.41, 5.74) is 2.38. The molecule has 13 heavy (non-hydrogen) atoms. The summed E-state index contributed by atoms with van der Waals surface area (Å²) in [5.74, 6) is 0.791. The van der Waals surface area contributed by atoms with Crippen LogP contribution in [0.3, 0.4) is 0 Å². The molecule has 1 aromatic rings. The highest BCUT2D eigenvalue weighted by atomic mass is 31.0. The molecule has 2 rings (SSSR count). The lowest BCUT2D eigenvalue weighted by atomic mass is 10.3. The van der Waals surface area contributed by atoms with Gasteiger partial charge in [0.05, 0.1) is 5.69 Å². The third kappa shape index (κ3) is 1.64. The molecule has 1 aliphatic heterocycles. The molecular formula is C8H13N4P. The Labute approximate surface area is 80.2 Å². The summed E-state index contributed by atoms with van der Waals surface area (Å²) in [6, 6.07) is 0. The smallest absolute Gasteiger partial charge is 0.225 e. The zero-order chi connectivity index (χ0) is 9.42. The highest BCUT2D eigenvalue weighted by Crippen LogP contribution is 2.23. The van der Waals surface area contributed by atoms with Crippen molar-refractivity contribution in [2.75, 3.05) is 19.0 Å². The molecular weight excluding hydrogens is 183 g/mol. The summed E-state index contributed by atoms with van der Waals surface area (Å²) in [4.78, 5) is 10.6. The van der Waals surface area contributed by atoms with Gasteiger partial charge in [-0.05, 0) is 0 Å². The predicted molar refractivity (Wildman–Crippen MR) is 55.3 cm³/mol. The molecule has 0 radical (unpaired) electrons. The number of hydrogen-bond acceptors (Lipinski definition) is 4. The van der Waals surface area contributed by atoms with Crippen LogP contribution in [0.25, 0.3) is 0 Å². The SMILES string of the molecule is CN(C)c1ncc2c(n1)CN(P)C2. The Morgan fingerprint density at radius 1 is 1.46 bits per heavy atom. The zero-order valence-corrected chi connectivity index (χ0v) is 9.01. The Hall–Kier alpha value is -0.730. The lowest BCUT2D eigenvalue weighted by molar-refractivity contribution is 0.504. The molecule has 2 heterocycles. The standard InChI is InChI=1S/C8H13N4P/c1-11(2)8-9-3-6-4-12(13)5-7(6)10-8/h3H,4-5,13H2,1-2H3. The van der Waals surface area contributed by atoms with Gasteiger partial charge in [-0.1, -0.05) is 9.39 Å². The van der Waals surface area contributed by atoms with E-state index in [4.69, 9.17) is 0 Å². The predicted octanol–water partition coefficient (Wildman–Crippen LogP) is 0.648. The summed E-state index contributed by atoms with van der Waals surface area (Å²) in [6.45, 7) is 1.84. The maximum Gasteiger partial charge on any atom is 0.225 e. The Bertz CT molecular complexity index is 326. The molecule has 0 aliphatic carbocycles. The van der Waals surface area contributed by atoms with E-state index in [2.05, 4.69) is 24.0 Å². The number of rotatable bonds is 1. The van der Waals surface area contributed by atoms with E-state index in [0.29, 0.717) is 0 Å². The topological polar surface area (TPSA) is 32.3 Å². The molecule has 0 fully saturated rings. The van der Waals surface area contributed by atoms with Crippen LogP contribution in [0.15, 0.2) is 6.20 Å². The fraction of sp³-hybridized carbons (Fsp3) is 0.500. The van der Waals surface area contributed by atoms with Crippen molar-refractivity contribution >= 4 is 15.3 Å². The van der Waals surface area contributed by atoms with Crippen molar-refractivity contribution in [2.24, 2.45) is 0 Å². The highest BCUT2D eigenvalue weighted by Gasteiger charge is 2.18. The lowest BCUT2D eigenvalue weighted by Crippen LogP contribution is -2.13. The van der Waals surface area contributed by atoms with Gasteiger partial charge in [-0.3, -0.25) is 4.67 Å². The monoisotopic (exact) mass is 196 g/mol. The summed E-state index contributed by atoms with van der Waals surface area (Å²) in [5, 5.41) is 0. The quantitative estimate of drug-likeness (QED) is 0.617. The van der Waals surface area contributed by atoms with Crippen LogP contribution in [0, 0.1) is 0 Å². The van der Waals surface area contributed by atoms with Gasteiger partial charge >= 0.3 is 0 Å². The van der Waals surface area contributed by atoms with E-state index in [0.717, 1.165) is 24.7 Å². The first kappa shape index (κ1) is 8.85. The molecule has 4 nitrogen and oxygen atoms in total. The van der Waals surface area contributed by atoms with Gasteiger partial charge in [-0.25, -0.2) is 9.97 Å². The van der Waals surface area contributed by atoms with Crippen molar-refractivity contribution in [1.82, 2.24) is 14.6 Å². The average Bonchev–Trinajstić information content (AvgIpc) is 2.42. The first-order chi connectivity index (χ1) is 6.16. The minimum absolute atomic E-state index is 0.791. The van der Waals surface area contributed by atoms with E-state index < -0.39 is 0 Å². The molecule has 0 aromatic carbocycles. The first-order valence-electron chi connectivity index (χ1n) is 4.18. The van der Waals surface area contributed by atoms with Crippen LogP contribution in [0.1, 0.15) is 11.3 Å². The molecule has 0 saturated carbocycles. The van der Waals surface area contributed by atoms with E-state index >= 15 is 0 Å². The fourth-order valence-electron chi connectivity index (χ4n) is 1.38. The van der Waals surface area contributed by atoms with E-state index in [9.17, 15) is 0 Å². The maximum atomic E-state index is 4.46. The van der Waals surface area contributed by atoms with Crippen LogP contribution in [-0.4, -0.2) is 28.7 Å². The minimum atomic E-state index is 0.791. The summed E-state index contributed by atoms with van der Waals surface area (Å²) in [7, 11) is 6.60. The summed E-state index contributed by atoms with van der Waals surface area (Å²) >= 11 is 0. The molecule has 0 saturated heterocycles. The van der Waals surface area contributed by atoms with Crippen molar-refractivity contribution in [3.8, 4) is 0 Å². The van der Waals surface area contributed by atoms with Crippen molar-refractivity contribution in [3.05, 3.63) is 17.5 Å². The van der Waals surface area contributed by atoms with Gasteiger partial charge in [0.25, 0.3) is 0 Å². The average molecular weight is 196 g/mol. The van der Waals surface area contributed by atoms with Crippen molar-refractivity contribution in [3.63, 3.8) is 0 Å². The molecule has 1 aromatic heterocycles. The van der Waals surface area contributed by atoms with E-state index in [1.807, 2.05) is 25.2 Å². The molecule has 0 spiro atoms. The summed E-state index contributed by atoms with van der Waals surface area (Å²) in [6.07, 6.45) is 1.92. The molecule has 0 N–H and O–H groups in total. The van der Waals surface area contributed by atoms with Crippen LogP contribution in [0.4, 0.5) is 5.95 Å². The fourth-order valence-corrected chi connectivity index (χ4v) is 1.75. The number of aromatic nitrogens is 2. The molecule has 0 amide bonds. The highest BCUT2D eigenvalue weighted by molar-refractivity contribution is 7.13. The number of anilines is 1. The molecule has 5 heteroatoms. The number of hydrogen-bond donors (Lipinski definition) is 0. The van der Waals surface area contributed by atoms with Crippen molar-refractivity contribution in [2.45, 2.75) is 13.1 Å². The molecule has 70 valence electrons. The van der Waals surface area contributed by atoms with Gasteiger partial charge in [0.15, 0.2) is 0 Å². The molecule has 0 bridgehead atoms. The number of nitrogens with zero attached hydrogens (tertiary/aromatic N) is 4. The van der Waals surface area contributed by atoms with Gasteiger partial charge in [0, 0.05) is 38.9 Å². The Kier molecular flexibility index (Phi) is 2.18. The van der Waals surface area contributed by atoms with Crippen LogP contribution < -0.4 is 4.90 Å². The summed E-state index contributed by atoms with van der Waals surface area (Å²) < 4.78 is 2.15. The van der Waals surface area contributed by atoms with E-state index in [1.54, 1.807) is 0 Å². The molecule has 1 atom stereocenters. The second kappa shape index (κ2) is 3.20. The van der Waals surface area contributed by atoms with Gasteiger partial charge in [0.2, 0.25) is 5.95 Å². The van der Waals surface area contributed by atoms with E-state index in [-0.39, 0.29) is 0 Å². The third-order valence-corrected chi connectivity index (χ3v) is 2.43. The zero-order valence-electron chi connectivity index (χ0n) is 7.86. The number of fused-ring (bicyclic) bond motifs is 1.